The second-order valence-electron chi connectivity index (χ2n) is 7.15. The first-order valence-corrected chi connectivity index (χ1v) is 9.87. The number of halogens is 1. The Morgan fingerprint density at radius 1 is 1.32 bits per heavy atom. The number of nitrogens with zero attached hydrogens (tertiary/aromatic N) is 5. The van der Waals surface area contributed by atoms with Crippen molar-refractivity contribution in [2.45, 2.75) is 12.5 Å². The Balaban J connectivity index is 1.82. The van der Waals surface area contributed by atoms with E-state index in [2.05, 4.69) is 11.1 Å². The van der Waals surface area contributed by atoms with Crippen molar-refractivity contribution in [1.29, 1.82) is 5.26 Å². The number of nitrogens with two attached hydrogens (primary N) is 1. The average Bonchev–Trinajstić information content (AvgIpc) is 3.18. The molecule has 9 nitrogen and oxygen atoms in total. The molecule has 158 valence electrons. The fourth-order valence-electron chi connectivity index (χ4n) is 4.00. The van der Waals surface area contributed by atoms with Gasteiger partial charge in [0.15, 0.2) is 5.82 Å². The highest BCUT2D eigenvalue weighted by Crippen LogP contribution is 2.43. The first-order valence-electron chi connectivity index (χ1n) is 9.49. The second kappa shape index (κ2) is 8.16. The van der Waals surface area contributed by atoms with Gasteiger partial charge in [-0.15, -0.1) is 0 Å². The summed E-state index contributed by atoms with van der Waals surface area (Å²) < 4.78 is 5.19. The van der Waals surface area contributed by atoms with Crippen LogP contribution in [0, 0.1) is 21.4 Å². The Bertz CT molecular complexity index is 1120. The van der Waals surface area contributed by atoms with Crippen LogP contribution in [0.3, 0.4) is 0 Å². The van der Waals surface area contributed by atoms with Gasteiger partial charge in [-0.3, -0.25) is 10.1 Å². The molecule has 1 saturated heterocycles. The fraction of sp³-hybridized carbons (Fsp3) is 0.238. The molecule has 3 heterocycles. The highest BCUT2D eigenvalue weighted by Gasteiger charge is 2.47. The number of aromatic nitrogens is 1. The molecule has 10 heteroatoms. The number of nitriles is 1. The molecule has 1 unspecified atom stereocenters. The van der Waals surface area contributed by atoms with E-state index in [1.807, 2.05) is 11.0 Å². The SMILES string of the molecule is COc1ccc(C2C(C#N)=C(N)N3CCN(Cc4ccc(Cl)nc4)C3=C2[N+](=O)[O-])cc1. The maximum absolute atomic E-state index is 12.3. The molecule has 2 aromatic rings. The van der Waals surface area contributed by atoms with Gasteiger partial charge in [0.25, 0.3) is 5.70 Å². The molecule has 2 N–H and O–H groups in total. The minimum atomic E-state index is -0.888. The van der Waals surface area contributed by atoms with Gasteiger partial charge in [0, 0.05) is 25.8 Å². The van der Waals surface area contributed by atoms with Crippen molar-refractivity contribution in [1.82, 2.24) is 14.8 Å². The smallest absolute Gasteiger partial charge is 0.299 e. The summed E-state index contributed by atoms with van der Waals surface area (Å²) in [4.78, 5) is 19.5. The van der Waals surface area contributed by atoms with Crippen molar-refractivity contribution in [2.24, 2.45) is 5.73 Å². The summed E-state index contributed by atoms with van der Waals surface area (Å²) in [7, 11) is 1.54. The van der Waals surface area contributed by atoms with Crippen molar-refractivity contribution in [2.75, 3.05) is 20.2 Å². The molecular formula is C21H19ClN6O3. The van der Waals surface area contributed by atoms with Crippen molar-refractivity contribution < 1.29 is 9.66 Å². The van der Waals surface area contributed by atoms with E-state index in [0.29, 0.717) is 41.9 Å². The van der Waals surface area contributed by atoms with Crippen LogP contribution in [-0.2, 0) is 6.54 Å². The molecule has 2 aliphatic heterocycles. The molecule has 1 atom stereocenters. The van der Waals surface area contributed by atoms with Crippen LogP contribution >= 0.6 is 11.6 Å². The largest absolute Gasteiger partial charge is 0.497 e. The van der Waals surface area contributed by atoms with Crippen LogP contribution in [0.2, 0.25) is 5.15 Å². The molecule has 31 heavy (non-hydrogen) atoms. The molecule has 0 aliphatic carbocycles. The molecule has 0 radical (unpaired) electrons. The number of hydrogen-bond donors (Lipinski definition) is 1. The van der Waals surface area contributed by atoms with E-state index < -0.39 is 10.8 Å². The average molecular weight is 439 g/mol. The predicted molar refractivity (Wildman–Crippen MR) is 113 cm³/mol. The Morgan fingerprint density at radius 3 is 2.65 bits per heavy atom. The lowest BCUT2D eigenvalue weighted by molar-refractivity contribution is -0.432. The number of rotatable bonds is 5. The van der Waals surface area contributed by atoms with E-state index in [1.54, 1.807) is 48.5 Å². The first-order chi connectivity index (χ1) is 14.9. The molecule has 1 aromatic heterocycles. The van der Waals surface area contributed by atoms with E-state index in [1.165, 1.54) is 0 Å². The first kappa shape index (κ1) is 20.5. The number of methoxy groups -OCH3 is 1. The van der Waals surface area contributed by atoms with Gasteiger partial charge in [-0.25, -0.2) is 4.98 Å². The van der Waals surface area contributed by atoms with E-state index in [0.717, 1.165) is 5.56 Å². The van der Waals surface area contributed by atoms with Crippen LogP contribution in [0.4, 0.5) is 0 Å². The molecule has 0 saturated carbocycles. The van der Waals surface area contributed by atoms with Crippen LogP contribution in [0.15, 0.2) is 65.5 Å². The van der Waals surface area contributed by atoms with Gasteiger partial charge < -0.3 is 20.3 Å². The number of ether oxygens (including phenoxy) is 1. The molecule has 0 amide bonds. The molecule has 1 aromatic carbocycles. The third kappa shape index (κ3) is 3.62. The predicted octanol–water partition coefficient (Wildman–Crippen LogP) is 2.80. The number of pyridine rings is 1. The number of nitro groups is 1. The second-order valence-corrected chi connectivity index (χ2v) is 7.53. The zero-order valence-electron chi connectivity index (χ0n) is 16.7. The fourth-order valence-corrected chi connectivity index (χ4v) is 4.11. The van der Waals surface area contributed by atoms with E-state index in [-0.39, 0.29) is 17.1 Å². The van der Waals surface area contributed by atoms with Gasteiger partial charge >= 0.3 is 0 Å². The molecule has 0 bridgehead atoms. The molecule has 2 aliphatic rings. The van der Waals surface area contributed by atoms with Gasteiger partial charge in [0.05, 0.1) is 23.7 Å². The van der Waals surface area contributed by atoms with Gasteiger partial charge in [-0.1, -0.05) is 29.8 Å². The van der Waals surface area contributed by atoms with Crippen molar-refractivity contribution >= 4 is 11.6 Å². The maximum Gasteiger partial charge on any atom is 0.299 e. The van der Waals surface area contributed by atoms with Crippen LogP contribution in [0.25, 0.3) is 0 Å². The summed E-state index contributed by atoms with van der Waals surface area (Å²) in [6.07, 6.45) is 1.64. The normalized spacial score (nSPS) is 18.2. The monoisotopic (exact) mass is 438 g/mol. The van der Waals surface area contributed by atoms with Crippen LogP contribution in [0.1, 0.15) is 17.0 Å². The third-order valence-corrected chi connectivity index (χ3v) is 5.66. The van der Waals surface area contributed by atoms with Gasteiger partial charge in [0.2, 0.25) is 0 Å². The Labute approximate surface area is 183 Å². The topological polar surface area (TPSA) is 122 Å². The molecular weight excluding hydrogens is 420 g/mol. The van der Waals surface area contributed by atoms with Crippen LogP contribution < -0.4 is 10.5 Å². The minimum Gasteiger partial charge on any atom is -0.497 e. The summed E-state index contributed by atoms with van der Waals surface area (Å²) in [5, 5.41) is 22.5. The Morgan fingerprint density at radius 2 is 2.06 bits per heavy atom. The summed E-state index contributed by atoms with van der Waals surface area (Å²) in [6, 6.07) is 12.5. The van der Waals surface area contributed by atoms with E-state index >= 15 is 0 Å². The molecule has 0 spiro atoms. The zero-order valence-corrected chi connectivity index (χ0v) is 17.4. The van der Waals surface area contributed by atoms with Crippen molar-refractivity contribution in [3.8, 4) is 11.8 Å². The van der Waals surface area contributed by atoms with Crippen LogP contribution in [-0.4, -0.2) is 39.9 Å². The van der Waals surface area contributed by atoms with Gasteiger partial charge in [-0.2, -0.15) is 5.26 Å². The van der Waals surface area contributed by atoms with Crippen molar-refractivity contribution in [3.63, 3.8) is 0 Å². The summed E-state index contributed by atoms with van der Waals surface area (Å²) >= 11 is 5.87. The van der Waals surface area contributed by atoms with E-state index in [9.17, 15) is 15.4 Å². The van der Waals surface area contributed by atoms with E-state index in [4.69, 9.17) is 22.1 Å². The Kier molecular flexibility index (Phi) is 5.40. The lowest BCUT2D eigenvalue weighted by Crippen LogP contribution is -2.37. The van der Waals surface area contributed by atoms with Gasteiger partial charge in [0.1, 0.15) is 22.6 Å². The third-order valence-electron chi connectivity index (χ3n) is 5.44. The zero-order chi connectivity index (χ0) is 22.1. The summed E-state index contributed by atoms with van der Waals surface area (Å²) in [6.45, 7) is 1.36. The maximum atomic E-state index is 12.3. The number of allylic oxidation sites excluding steroid dienone is 1. The summed E-state index contributed by atoms with van der Waals surface area (Å²) in [5.41, 5.74) is 7.88. The lowest BCUT2D eigenvalue weighted by Gasteiger charge is -2.32. The van der Waals surface area contributed by atoms with Crippen molar-refractivity contribution in [3.05, 3.63) is 91.9 Å². The number of fused-ring (bicyclic) bond motifs is 1. The Hall–Kier alpha value is -3.77. The summed E-state index contributed by atoms with van der Waals surface area (Å²) in [5.74, 6) is 0.365. The van der Waals surface area contributed by atoms with Crippen LogP contribution in [0.5, 0.6) is 5.75 Å². The number of benzene rings is 1. The highest BCUT2D eigenvalue weighted by molar-refractivity contribution is 6.29. The quantitative estimate of drug-likeness (QED) is 0.429. The molecule has 4 rings (SSSR count). The minimum absolute atomic E-state index is 0.0738. The highest BCUT2D eigenvalue weighted by atomic mass is 35.5. The number of hydrogen-bond acceptors (Lipinski definition) is 8. The van der Waals surface area contributed by atoms with Gasteiger partial charge in [-0.05, 0) is 29.3 Å². The molecule has 1 fully saturated rings. The standard InChI is InChI=1S/C21H19ClN6O3/c1-31-15-5-3-14(4-6-15)18-16(10-23)20(24)27-9-8-26(21(27)19(18)28(29)30)12-13-2-7-17(22)25-11-13/h2-7,11,18H,8-9,12,24H2,1H3. The lowest BCUT2D eigenvalue weighted by atomic mass is 9.86.